The van der Waals surface area contributed by atoms with Crippen LogP contribution >= 0.6 is 27.3 Å². The summed E-state index contributed by atoms with van der Waals surface area (Å²) in [5, 5.41) is 1.27. The van der Waals surface area contributed by atoms with Crippen molar-refractivity contribution in [2.45, 2.75) is 4.83 Å². The molecule has 0 fully saturated rings. The van der Waals surface area contributed by atoms with Gasteiger partial charge in [0.25, 0.3) is 0 Å². The first-order valence-corrected chi connectivity index (χ1v) is 8.30. The normalized spacial score (nSPS) is 12.3. The average molecular weight is 363 g/mol. The van der Waals surface area contributed by atoms with Crippen LogP contribution in [0.3, 0.4) is 0 Å². The fraction of sp³-hybridized carbons (Fsp3) is 0.176. The molecule has 4 heteroatoms. The number of alkyl halides is 1. The quantitative estimate of drug-likeness (QED) is 0.578. The van der Waals surface area contributed by atoms with Crippen LogP contribution in [-0.4, -0.2) is 14.2 Å². The maximum Gasteiger partial charge on any atom is 0.123 e. The molecule has 0 amide bonds. The fourth-order valence-electron chi connectivity index (χ4n) is 2.32. The van der Waals surface area contributed by atoms with E-state index >= 15 is 0 Å². The van der Waals surface area contributed by atoms with Crippen molar-refractivity contribution in [3.05, 3.63) is 59.0 Å². The molecule has 3 rings (SSSR count). The number of ether oxygens (including phenoxy) is 2. The smallest absolute Gasteiger partial charge is 0.123 e. The predicted molar refractivity (Wildman–Crippen MR) is 92.1 cm³/mol. The molecule has 0 N–H and O–H groups in total. The molecule has 2 aromatic carbocycles. The average Bonchev–Trinajstić information content (AvgIpc) is 2.97. The summed E-state index contributed by atoms with van der Waals surface area (Å²) in [4.78, 5) is 1.34. The summed E-state index contributed by atoms with van der Waals surface area (Å²) in [6.07, 6.45) is 0. The van der Waals surface area contributed by atoms with Gasteiger partial charge in [-0.05, 0) is 35.7 Å². The van der Waals surface area contributed by atoms with Crippen molar-refractivity contribution in [3.63, 3.8) is 0 Å². The lowest BCUT2D eigenvalue weighted by molar-refractivity contribution is 0.399. The Labute approximate surface area is 136 Å². The highest BCUT2D eigenvalue weighted by Crippen LogP contribution is 2.42. The molecule has 2 nitrogen and oxygen atoms in total. The zero-order chi connectivity index (χ0) is 14.8. The highest BCUT2D eigenvalue weighted by atomic mass is 79.9. The molecule has 21 heavy (non-hydrogen) atoms. The molecule has 0 saturated heterocycles. The van der Waals surface area contributed by atoms with Crippen molar-refractivity contribution in [1.82, 2.24) is 0 Å². The summed E-state index contributed by atoms with van der Waals surface area (Å²) >= 11 is 5.59. The lowest BCUT2D eigenvalue weighted by Gasteiger charge is -2.14. The molecule has 0 spiro atoms. The summed E-state index contributed by atoms with van der Waals surface area (Å²) in [5.74, 6) is 1.69. The minimum atomic E-state index is 0.0833. The molecule has 1 atom stereocenters. The molecule has 1 unspecified atom stereocenters. The Morgan fingerprint density at radius 3 is 2.52 bits per heavy atom. The zero-order valence-corrected chi connectivity index (χ0v) is 14.2. The monoisotopic (exact) mass is 362 g/mol. The third kappa shape index (κ3) is 2.78. The first-order chi connectivity index (χ1) is 10.2. The number of fused-ring (bicyclic) bond motifs is 1. The van der Waals surface area contributed by atoms with E-state index in [0.29, 0.717) is 0 Å². The van der Waals surface area contributed by atoms with Crippen molar-refractivity contribution < 1.29 is 9.47 Å². The van der Waals surface area contributed by atoms with Gasteiger partial charge in [0.2, 0.25) is 0 Å². The molecule has 108 valence electrons. The number of methoxy groups -OCH3 is 2. The maximum absolute atomic E-state index is 5.48. The molecule has 0 aliphatic carbocycles. The Balaban J connectivity index is 2.06. The highest BCUT2D eigenvalue weighted by Gasteiger charge is 2.18. The van der Waals surface area contributed by atoms with Gasteiger partial charge in [-0.3, -0.25) is 0 Å². The van der Waals surface area contributed by atoms with E-state index in [2.05, 4.69) is 46.3 Å². The van der Waals surface area contributed by atoms with Gasteiger partial charge >= 0.3 is 0 Å². The van der Waals surface area contributed by atoms with Crippen LogP contribution in [0, 0.1) is 0 Å². The van der Waals surface area contributed by atoms with Crippen LogP contribution in [0.1, 0.15) is 15.3 Å². The molecule has 0 aliphatic heterocycles. The Hall–Kier alpha value is -1.52. The molecule has 0 saturated carbocycles. The van der Waals surface area contributed by atoms with Gasteiger partial charge < -0.3 is 9.47 Å². The summed E-state index contributed by atoms with van der Waals surface area (Å²) < 4.78 is 12.1. The van der Waals surface area contributed by atoms with Gasteiger partial charge in [-0.15, -0.1) is 11.3 Å². The molecule has 1 aromatic heterocycles. The number of rotatable bonds is 4. The molecule has 0 bridgehead atoms. The second kappa shape index (κ2) is 6.08. The third-order valence-electron chi connectivity index (χ3n) is 3.40. The first-order valence-electron chi connectivity index (χ1n) is 6.57. The van der Waals surface area contributed by atoms with Gasteiger partial charge in [0.05, 0.1) is 19.0 Å². The van der Waals surface area contributed by atoms with Gasteiger partial charge in [-0.1, -0.05) is 34.1 Å². The maximum atomic E-state index is 5.48. The minimum absolute atomic E-state index is 0.0833. The first kappa shape index (κ1) is 14.4. The minimum Gasteiger partial charge on any atom is -0.497 e. The van der Waals surface area contributed by atoms with Crippen LogP contribution in [0.4, 0.5) is 0 Å². The third-order valence-corrected chi connectivity index (χ3v) is 5.87. The zero-order valence-electron chi connectivity index (χ0n) is 11.8. The number of halogens is 1. The van der Waals surface area contributed by atoms with E-state index in [9.17, 15) is 0 Å². The Kier molecular flexibility index (Phi) is 4.17. The summed E-state index contributed by atoms with van der Waals surface area (Å²) in [7, 11) is 3.37. The van der Waals surface area contributed by atoms with Gasteiger partial charge in [0, 0.05) is 15.1 Å². The topological polar surface area (TPSA) is 18.5 Å². The van der Waals surface area contributed by atoms with Crippen molar-refractivity contribution >= 4 is 37.4 Å². The van der Waals surface area contributed by atoms with E-state index in [1.807, 2.05) is 18.2 Å². The second-order valence-corrected chi connectivity index (χ2v) is 6.69. The number of benzene rings is 2. The summed E-state index contributed by atoms with van der Waals surface area (Å²) in [6.45, 7) is 0. The van der Waals surface area contributed by atoms with E-state index in [-0.39, 0.29) is 4.83 Å². The van der Waals surface area contributed by atoms with E-state index in [1.165, 1.54) is 15.0 Å². The largest absolute Gasteiger partial charge is 0.497 e. The van der Waals surface area contributed by atoms with Crippen LogP contribution in [0.2, 0.25) is 0 Å². The van der Waals surface area contributed by atoms with Gasteiger partial charge in [0.15, 0.2) is 0 Å². The standard InChI is InChI=1S/C17H15BrO2S/c1-19-12-7-8-14(20-2)13(10-12)17(18)16-9-11-5-3-4-6-15(11)21-16/h3-10,17H,1-2H3. The summed E-state index contributed by atoms with van der Waals surface area (Å²) in [5.41, 5.74) is 1.07. The summed E-state index contributed by atoms with van der Waals surface area (Å²) in [6, 6.07) is 16.5. The van der Waals surface area contributed by atoms with E-state index in [1.54, 1.807) is 25.6 Å². The lowest BCUT2D eigenvalue weighted by Crippen LogP contribution is -1.96. The van der Waals surface area contributed by atoms with Crippen molar-refractivity contribution in [1.29, 1.82) is 0 Å². The van der Waals surface area contributed by atoms with Crippen molar-refractivity contribution in [2.24, 2.45) is 0 Å². The highest BCUT2D eigenvalue weighted by molar-refractivity contribution is 9.09. The number of thiophene rings is 1. The molecular formula is C17H15BrO2S. The van der Waals surface area contributed by atoms with Crippen molar-refractivity contribution in [3.8, 4) is 11.5 Å². The Bertz CT molecular complexity index is 733. The Morgan fingerprint density at radius 1 is 1.00 bits per heavy atom. The fourth-order valence-corrected chi connectivity index (χ4v) is 4.15. The van der Waals surface area contributed by atoms with E-state index in [0.717, 1.165) is 17.1 Å². The van der Waals surface area contributed by atoms with Crippen LogP contribution in [0.15, 0.2) is 48.5 Å². The van der Waals surface area contributed by atoms with Gasteiger partial charge in [0.1, 0.15) is 11.5 Å². The van der Waals surface area contributed by atoms with Gasteiger partial charge in [-0.25, -0.2) is 0 Å². The number of hydrogen-bond donors (Lipinski definition) is 0. The van der Waals surface area contributed by atoms with Crippen LogP contribution in [0.25, 0.3) is 10.1 Å². The molecule has 1 heterocycles. The van der Waals surface area contributed by atoms with E-state index in [4.69, 9.17) is 9.47 Å². The van der Waals surface area contributed by atoms with Crippen LogP contribution in [-0.2, 0) is 0 Å². The van der Waals surface area contributed by atoms with E-state index < -0.39 is 0 Å². The van der Waals surface area contributed by atoms with Gasteiger partial charge in [-0.2, -0.15) is 0 Å². The SMILES string of the molecule is COc1ccc(OC)c(C(Br)c2cc3ccccc3s2)c1. The number of hydrogen-bond acceptors (Lipinski definition) is 3. The second-order valence-electron chi connectivity index (χ2n) is 4.66. The Morgan fingerprint density at radius 2 is 1.81 bits per heavy atom. The molecule has 3 aromatic rings. The molecule has 0 radical (unpaired) electrons. The molecular weight excluding hydrogens is 348 g/mol. The predicted octanol–water partition coefficient (Wildman–Crippen LogP) is 5.40. The molecule has 0 aliphatic rings. The van der Waals surface area contributed by atoms with Crippen molar-refractivity contribution in [2.75, 3.05) is 14.2 Å². The van der Waals surface area contributed by atoms with Crippen LogP contribution in [0.5, 0.6) is 11.5 Å². The van der Waals surface area contributed by atoms with Crippen LogP contribution < -0.4 is 9.47 Å². The lowest BCUT2D eigenvalue weighted by atomic mass is 10.1.